The Labute approximate surface area is 199 Å². The van der Waals surface area contributed by atoms with Crippen molar-refractivity contribution in [3.8, 4) is 11.9 Å². The molecule has 1 atom stereocenters. The second kappa shape index (κ2) is 10.1. The van der Waals surface area contributed by atoms with Crippen LogP contribution in [0.3, 0.4) is 0 Å². The number of hydrogen-bond acceptors (Lipinski definition) is 6. The number of carbonyl (C=O) groups excluding carboxylic acids is 2. The van der Waals surface area contributed by atoms with Gasteiger partial charge in [-0.2, -0.15) is 5.26 Å². The molecule has 3 rings (SSSR count). The Bertz CT molecular complexity index is 1120. The maximum absolute atomic E-state index is 12.8. The summed E-state index contributed by atoms with van der Waals surface area (Å²) in [6, 6.07) is 12.9. The maximum Gasteiger partial charge on any atom is 0.343 e. The second-order valence-corrected chi connectivity index (χ2v) is 9.69. The van der Waals surface area contributed by atoms with Gasteiger partial charge in [-0.15, -0.1) is 0 Å². The van der Waals surface area contributed by atoms with Crippen LogP contribution in [0.1, 0.15) is 73.5 Å². The van der Waals surface area contributed by atoms with Crippen LogP contribution in [0, 0.1) is 11.5 Å². The van der Waals surface area contributed by atoms with E-state index in [1.165, 1.54) is 16.7 Å². The van der Waals surface area contributed by atoms with Gasteiger partial charge in [0.05, 0.1) is 5.56 Å². The Morgan fingerprint density at radius 1 is 1.12 bits per heavy atom. The molecule has 5 nitrogen and oxygen atoms in total. The first kappa shape index (κ1) is 24.3. The van der Waals surface area contributed by atoms with Gasteiger partial charge in [-0.05, 0) is 71.2 Å². The molecule has 170 valence electrons. The smallest absolute Gasteiger partial charge is 0.343 e. The molecule has 2 aromatic carbocycles. The molecule has 0 N–H and O–H groups in total. The first-order valence-electron chi connectivity index (χ1n) is 10.9. The third-order valence-electron chi connectivity index (χ3n) is 5.66. The van der Waals surface area contributed by atoms with Gasteiger partial charge in [0.25, 0.3) is 0 Å². The lowest BCUT2D eigenvalue weighted by atomic mass is 9.90. The summed E-state index contributed by atoms with van der Waals surface area (Å²) in [5.74, 6) is 0.401. The molecule has 0 spiro atoms. The second-order valence-electron chi connectivity index (χ2n) is 8.74. The molecule has 1 aliphatic rings. The van der Waals surface area contributed by atoms with Crippen LogP contribution in [0.4, 0.5) is 0 Å². The summed E-state index contributed by atoms with van der Waals surface area (Å²) in [7, 11) is 0. The van der Waals surface area contributed by atoms with Crippen molar-refractivity contribution in [1.82, 2.24) is 4.90 Å². The topological polar surface area (TPSA) is 70.4 Å². The van der Waals surface area contributed by atoms with Gasteiger partial charge in [0.1, 0.15) is 11.3 Å². The van der Waals surface area contributed by atoms with E-state index in [0.717, 1.165) is 27.9 Å². The number of thioether (sulfide) groups is 1. The SMILES string of the molecule is CC(C)c1cc(C=C2SC=CN(C#N)C2(C)C=O)cc(C(C)C)c1OC(=O)c1ccccc1. The molecule has 1 aliphatic heterocycles. The Hall–Kier alpha value is -3.30. The summed E-state index contributed by atoms with van der Waals surface area (Å²) < 4.78 is 5.94. The quantitative estimate of drug-likeness (QED) is 0.213. The van der Waals surface area contributed by atoms with Crippen molar-refractivity contribution in [1.29, 1.82) is 5.26 Å². The summed E-state index contributed by atoms with van der Waals surface area (Å²) in [6.45, 7) is 9.96. The molecule has 0 bridgehead atoms. The van der Waals surface area contributed by atoms with E-state index in [1.807, 2.05) is 36.4 Å². The van der Waals surface area contributed by atoms with E-state index in [4.69, 9.17) is 4.74 Å². The molecular formula is C27H28N2O3S. The van der Waals surface area contributed by atoms with Crippen LogP contribution in [0.2, 0.25) is 0 Å². The minimum Gasteiger partial charge on any atom is -0.422 e. The average Bonchev–Trinajstić information content (AvgIpc) is 2.81. The maximum atomic E-state index is 12.8. The lowest BCUT2D eigenvalue weighted by molar-refractivity contribution is -0.113. The molecule has 33 heavy (non-hydrogen) atoms. The van der Waals surface area contributed by atoms with E-state index in [-0.39, 0.29) is 11.8 Å². The van der Waals surface area contributed by atoms with E-state index < -0.39 is 11.5 Å². The predicted molar refractivity (Wildman–Crippen MR) is 133 cm³/mol. The van der Waals surface area contributed by atoms with Crippen molar-refractivity contribution in [3.05, 3.63) is 81.2 Å². The molecule has 1 heterocycles. The van der Waals surface area contributed by atoms with E-state index in [0.29, 0.717) is 11.3 Å². The van der Waals surface area contributed by atoms with E-state index in [9.17, 15) is 14.9 Å². The number of nitriles is 1. The van der Waals surface area contributed by atoms with Gasteiger partial charge in [0.15, 0.2) is 12.5 Å². The summed E-state index contributed by atoms with van der Waals surface area (Å²) in [4.78, 5) is 26.9. The third-order valence-corrected chi connectivity index (χ3v) is 6.70. The van der Waals surface area contributed by atoms with Crippen LogP contribution in [-0.2, 0) is 4.79 Å². The minimum atomic E-state index is -1.07. The first-order valence-corrected chi connectivity index (χ1v) is 11.7. The zero-order valence-corrected chi connectivity index (χ0v) is 20.3. The highest BCUT2D eigenvalue weighted by atomic mass is 32.2. The Morgan fingerprint density at radius 3 is 2.24 bits per heavy atom. The van der Waals surface area contributed by atoms with Gasteiger partial charge in [0, 0.05) is 11.1 Å². The fourth-order valence-corrected chi connectivity index (χ4v) is 4.54. The summed E-state index contributed by atoms with van der Waals surface area (Å²) in [6.07, 6.45) is 6.41. The summed E-state index contributed by atoms with van der Waals surface area (Å²) in [5, 5.41) is 11.3. The van der Waals surface area contributed by atoms with Gasteiger partial charge < -0.3 is 9.53 Å². The largest absolute Gasteiger partial charge is 0.422 e. The van der Waals surface area contributed by atoms with Crippen LogP contribution in [-0.4, -0.2) is 22.7 Å². The van der Waals surface area contributed by atoms with Gasteiger partial charge in [0.2, 0.25) is 0 Å². The number of esters is 1. The molecule has 0 aromatic heterocycles. The fraction of sp³-hybridized carbons (Fsp3) is 0.296. The standard InChI is InChI=1S/C27H28N2O3S/c1-18(2)22-13-20(15-24-27(5,16-30)29(17-28)11-12-33-24)14-23(19(3)4)25(22)32-26(31)21-9-7-6-8-10-21/h6-16,18-19H,1-5H3. The molecular weight excluding hydrogens is 432 g/mol. The summed E-state index contributed by atoms with van der Waals surface area (Å²) >= 11 is 1.42. The van der Waals surface area contributed by atoms with Gasteiger partial charge >= 0.3 is 5.97 Å². The number of ether oxygens (including phenoxy) is 1. The number of carbonyl (C=O) groups is 2. The lowest BCUT2D eigenvalue weighted by Crippen LogP contribution is -2.44. The van der Waals surface area contributed by atoms with E-state index in [2.05, 4.69) is 33.9 Å². The van der Waals surface area contributed by atoms with Crippen LogP contribution in [0.5, 0.6) is 5.75 Å². The number of rotatable bonds is 6. The Kier molecular flexibility index (Phi) is 7.45. The zero-order valence-electron chi connectivity index (χ0n) is 19.5. The van der Waals surface area contributed by atoms with Gasteiger partial charge in [-0.1, -0.05) is 57.7 Å². The minimum absolute atomic E-state index is 0.103. The van der Waals surface area contributed by atoms with Crippen LogP contribution in [0.25, 0.3) is 6.08 Å². The average molecular weight is 461 g/mol. The van der Waals surface area contributed by atoms with Crippen molar-refractivity contribution in [3.63, 3.8) is 0 Å². The van der Waals surface area contributed by atoms with Crippen molar-refractivity contribution in [2.75, 3.05) is 0 Å². The molecule has 0 fully saturated rings. The predicted octanol–water partition coefficient (Wildman–Crippen LogP) is 6.45. The molecule has 0 saturated heterocycles. The van der Waals surface area contributed by atoms with Crippen LogP contribution in [0.15, 0.2) is 59.0 Å². The molecule has 0 saturated carbocycles. The van der Waals surface area contributed by atoms with E-state index in [1.54, 1.807) is 30.7 Å². The van der Waals surface area contributed by atoms with Crippen LogP contribution >= 0.6 is 11.8 Å². The summed E-state index contributed by atoms with van der Waals surface area (Å²) in [5.41, 5.74) is 2.16. The van der Waals surface area contributed by atoms with Crippen molar-refractivity contribution in [2.24, 2.45) is 0 Å². The highest BCUT2D eigenvalue weighted by Gasteiger charge is 2.37. The Balaban J connectivity index is 2.12. The Morgan fingerprint density at radius 2 is 1.73 bits per heavy atom. The van der Waals surface area contributed by atoms with Crippen molar-refractivity contribution < 1.29 is 14.3 Å². The normalized spacial score (nSPS) is 19.1. The highest BCUT2D eigenvalue weighted by Crippen LogP contribution is 2.41. The highest BCUT2D eigenvalue weighted by molar-refractivity contribution is 8.06. The molecule has 0 amide bonds. The molecule has 0 aliphatic carbocycles. The molecule has 6 heteroatoms. The van der Waals surface area contributed by atoms with Crippen molar-refractivity contribution >= 4 is 30.1 Å². The fourth-order valence-electron chi connectivity index (χ4n) is 3.62. The number of hydrogen-bond donors (Lipinski definition) is 0. The van der Waals surface area contributed by atoms with Gasteiger partial charge in [-0.25, -0.2) is 4.79 Å². The first-order chi connectivity index (χ1) is 15.7. The molecule has 1 unspecified atom stereocenters. The zero-order chi connectivity index (χ0) is 24.2. The lowest BCUT2D eigenvalue weighted by Gasteiger charge is -2.34. The molecule has 0 radical (unpaired) electrons. The molecule has 2 aromatic rings. The van der Waals surface area contributed by atoms with E-state index >= 15 is 0 Å². The van der Waals surface area contributed by atoms with Crippen LogP contribution < -0.4 is 4.74 Å². The number of nitrogens with zero attached hydrogens (tertiary/aromatic N) is 2. The monoisotopic (exact) mass is 460 g/mol. The number of aldehydes is 1. The van der Waals surface area contributed by atoms with Crippen molar-refractivity contribution in [2.45, 2.75) is 52.0 Å². The third kappa shape index (κ3) is 5.04. The van der Waals surface area contributed by atoms with Gasteiger partial charge in [-0.3, -0.25) is 4.90 Å². The number of benzene rings is 2.